The zero-order valence-corrected chi connectivity index (χ0v) is 18.0. The Morgan fingerprint density at radius 3 is 2.38 bits per heavy atom. The molecule has 4 heteroatoms. The second-order valence-corrected chi connectivity index (χ2v) is 7.56. The third kappa shape index (κ3) is 7.37. The smallest absolute Gasteiger partial charge is 0.242 e. The molecule has 29 heavy (non-hydrogen) atoms. The molecule has 2 amide bonds. The molecule has 0 spiro atoms. The fourth-order valence-electron chi connectivity index (χ4n) is 3.50. The summed E-state index contributed by atoms with van der Waals surface area (Å²) < 4.78 is 0. The molecule has 0 aromatic heterocycles. The van der Waals surface area contributed by atoms with E-state index in [9.17, 15) is 9.59 Å². The Morgan fingerprint density at radius 2 is 1.72 bits per heavy atom. The van der Waals surface area contributed by atoms with Gasteiger partial charge in [-0.05, 0) is 37.3 Å². The van der Waals surface area contributed by atoms with Crippen molar-refractivity contribution in [3.05, 3.63) is 71.3 Å². The summed E-state index contributed by atoms with van der Waals surface area (Å²) in [5.74, 6) is -0.0457. The van der Waals surface area contributed by atoms with Crippen LogP contribution in [0.5, 0.6) is 0 Å². The molecular weight excluding hydrogens is 360 g/mol. The van der Waals surface area contributed by atoms with Gasteiger partial charge in [0.15, 0.2) is 0 Å². The molecule has 4 nitrogen and oxygen atoms in total. The molecule has 0 aliphatic rings. The van der Waals surface area contributed by atoms with E-state index in [4.69, 9.17) is 0 Å². The van der Waals surface area contributed by atoms with E-state index in [0.717, 1.165) is 30.4 Å². The molecule has 1 N–H and O–H groups in total. The number of hydrogen-bond acceptors (Lipinski definition) is 2. The second-order valence-electron chi connectivity index (χ2n) is 7.56. The number of rotatable bonds is 11. The van der Waals surface area contributed by atoms with Gasteiger partial charge in [0, 0.05) is 13.1 Å². The normalized spacial score (nSPS) is 11.7. The van der Waals surface area contributed by atoms with Crippen molar-refractivity contribution in [3.63, 3.8) is 0 Å². The van der Waals surface area contributed by atoms with Crippen molar-refractivity contribution in [2.75, 3.05) is 13.1 Å². The molecule has 2 aromatic rings. The molecule has 0 radical (unpaired) electrons. The van der Waals surface area contributed by atoms with E-state index >= 15 is 0 Å². The van der Waals surface area contributed by atoms with Crippen molar-refractivity contribution in [1.82, 2.24) is 10.2 Å². The lowest BCUT2D eigenvalue weighted by atomic mass is 10.0. The van der Waals surface area contributed by atoms with E-state index in [0.29, 0.717) is 25.9 Å². The minimum absolute atomic E-state index is 0.00372. The molecular formula is C25H34N2O2. The van der Waals surface area contributed by atoms with Crippen LogP contribution in [0.3, 0.4) is 0 Å². The van der Waals surface area contributed by atoms with Crippen molar-refractivity contribution < 1.29 is 9.59 Å². The Balaban J connectivity index is 2.15. The zero-order chi connectivity index (χ0) is 21.1. The maximum atomic E-state index is 13.2. The minimum Gasteiger partial charge on any atom is -0.354 e. The molecule has 0 aliphatic heterocycles. The van der Waals surface area contributed by atoms with Gasteiger partial charge in [-0.2, -0.15) is 0 Å². The summed E-state index contributed by atoms with van der Waals surface area (Å²) in [6.07, 6.45) is 3.63. The van der Waals surface area contributed by atoms with Gasteiger partial charge in [-0.3, -0.25) is 9.59 Å². The molecule has 1 unspecified atom stereocenters. The Morgan fingerprint density at radius 1 is 1.00 bits per heavy atom. The number of unbranched alkanes of at least 4 members (excludes halogenated alkanes) is 1. The molecule has 0 saturated carbocycles. The molecule has 156 valence electrons. The van der Waals surface area contributed by atoms with Crippen LogP contribution in [0.15, 0.2) is 54.6 Å². The molecule has 0 aliphatic carbocycles. The molecule has 1 atom stereocenters. The van der Waals surface area contributed by atoms with E-state index in [-0.39, 0.29) is 11.8 Å². The lowest BCUT2D eigenvalue weighted by Gasteiger charge is -2.31. The molecule has 0 fully saturated rings. The van der Waals surface area contributed by atoms with Gasteiger partial charge in [0.2, 0.25) is 11.8 Å². The number of benzene rings is 2. The number of nitrogens with one attached hydrogen (secondary N) is 1. The topological polar surface area (TPSA) is 49.4 Å². The fourth-order valence-corrected chi connectivity index (χ4v) is 3.50. The van der Waals surface area contributed by atoms with E-state index in [1.165, 1.54) is 5.56 Å². The maximum Gasteiger partial charge on any atom is 0.242 e. The fraction of sp³-hybridized carbons (Fsp3) is 0.440. The van der Waals surface area contributed by atoms with Crippen LogP contribution in [-0.4, -0.2) is 35.8 Å². The number of nitrogens with zero attached hydrogens (tertiary/aromatic N) is 1. The number of amides is 2. The third-order valence-corrected chi connectivity index (χ3v) is 5.14. The first-order valence-corrected chi connectivity index (χ1v) is 10.7. The standard InChI is InChI=1S/C25H34N2O2/c1-4-6-16-26-25(29)23(5-2)27(17-15-21-12-8-7-9-13-21)24(28)19-22-14-10-11-20(3)18-22/h7-14,18,23H,4-6,15-17,19H2,1-3H3,(H,26,29). The molecule has 0 saturated heterocycles. The second kappa shape index (κ2) is 12.1. The SMILES string of the molecule is CCCCNC(=O)C(CC)N(CCc1ccccc1)C(=O)Cc1cccc(C)c1. The van der Waals surface area contributed by atoms with Crippen LogP contribution in [0.1, 0.15) is 49.8 Å². The monoisotopic (exact) mass is 394 g/mol. The van der Waals surface area contributed by atoms with Gasteiger partial charge in [0.25, 0.3) is 0 Å². The number of carbonyl (C=O) groups is 2. The minimum atomic E-state index is -0.437. The number of carbonyl (C=O) groups excluding carboxylic acids is 2. The van der Waals surface area contributed by atoms with Crippen molar-refractivity contribution in [2.24, 2.45) is 0 Å². The van der Waals surface area contributed by atoms with Crippen molar-refractivity contribution in [3.8, 4) is 0 Å². The van der Waals surface area contributed by atoms with Crippen LogP contribution in [0, 0.1) is 6.92 Å². The molecule has 0 heterocycles. The third-order valence-electron chi connectivity index (χ3n) is 5.14. The van der Waals surface area contributed by atoms with Crippen molar-refractivity contribution in [2.45, 2.75) is 58.9 Å². The average Bonchev–Trinajstić information content (AvgIpc) is 2.71. The largest absolute Gasteiger partial charge is 0.354 e. The van der Waals surface area contributed by atoms with E-state index in [2.05, 4.69) is 24.4 Å². The highest BCUT2D eigenvalue weighted by Crippen LogP contribution is 2.13. The van der Waals surface area contributed by atoms with Crippen LogP contribution < -0.4 is 5.32 Å². The van der Waals surface area contributed by atoms with Crippen LogP contribution in [0.2, 0.25) is 0 Å². The molecule has 0 bridgehead atoms. The van der Waals surface area contributed by atoms with Crippen molar-refractivity contribution >= 4 is 11.8 Å². The number of aryl methyl sites for hydroxylation is 1. The summed E-state index contributed by atoms with van der Waals surface area (Å²) in [4.78, 5) is 27.8. The van der Waals surface area contributed by atoms with Crippen LogP contribution in [0.25, 0.3) is 0 Å². The van der Waals surface area contributed by atoms with Crippen LogP contribution in [0.4, 0.5) is 0 Å². The summed E-state index contributed by atoms with van der Waals surface area (Å²) in [7, 11) is 0. The Labute approximate surface area is 175 Å². The summed E-state index contributed by atoms with van der Waals surface area (Å²) in [5, 5.41) is 3.01. The Kier molecular flexibility index (Phi) is 9.42. The van der Waals surface area contributed by atoms with Gasteiger partial charge in [-0.15, -0.1) is 0 Å². The summed E-state index contributed by atoms with van der Waals surface area (Å²) in [5.41, 5.74) is 3.29. The van der Waals surface area contributed by atoms with Crippen LogP contribution in [-0.2, 0) is 22.4 Å². The van der Waals surface area contributed by atoms with Gasteiger partial charge >= 0.3 is 0 Å². The van der Waals surface area contributed by atoms with Crippen molar-refractivity contribution in [1.29, 1.82) is 0 Å². The molecule has 2 rings (SSSR count). The summed E-state index contributed by atoms with van der Waals surface area (Å²) in [6.45, 7) is 7.29. The van der Waals surface area contributed by atoms with E-state index < -0.39 is 6.04 Å². The van der Waals surface area contributed by atoms with E-state index in [1.54, 1.807) is 4.90 Å². The predicted octanol–water partition coefficient (Wildman–Crippen LogP) is 4.30. The average molecular weight is 395 g/mol. The van der Waals surface area contributed by atoms with Crippen LogP contribution >= 0.6 is 0 Å². The Bertz CT molecular complexity index is 773. The first kappa shape index (κ1) is 22.7. The van der Waals surface area contributed by atoms with Gasteiger partial charge in [0.05, 0.1) is 6.42 Å². The predicted molar refractivity (Wildman–Crippen MR) is 119 cm³/mol. The number of hydrogen-bond donors (Lipinski definition) is 1. The first-order valence-electron chi connectivity index (χ1n) is 10.7. The summed E-state index contributed by atoms with van der Waals surface area (Å²) >= 11 is 0. The quantitative estimate of drug-likeness (QED) is 0.578. The lowest BCUT2D eigenvalue weighted by Crippen LogP contribution is -2.50. The Hall–Kier alpha value is -2.62. The zero-order valence-electron chi connectivity index (χ0n) is 18.0. The van der Waals surface area contributed by atoms with Gasteiger partial charge in [-0.1, -0.05) is 80.4 Å². The highest BCUT2D eigenvalue weighted by atomic mass is 16.2. The van der Waals surface area contributed by atoms with E-state index in [1.807, 2.05) is 56.3 Å². The lowest BCUT2D eigenvalue weighted by molar-refractivity contribution is -0.140. The highest BCUT2D eigenvalue weighted by molar-refractivity contribution is 5.88. The van der Waals surface area contributed by atoms with Gasteiger partial charge in [-0.25, -0.2) is 0 Å². The summed E-state index contributed by atoms with van der Waals surface area (Å²) in [6, 6.07) is 17.7. The maximum absolute atomic E-state index is 13.2. The van der Waals surface area contributed by atoms with Gasteiger partial charge in [0.1, 0.15) is 6.04 Å². The highest BCUT2D eigenvalue weighted by Gasteiger charge is 2.28. The molecule has 2 aromatic carbocycles. The van der Waals surface area contributed by atoms with Gasteiger partial charge < -0.3 is 10.2 Å². The first-order chi connectivity index (χ1) is 14.0.